The smallest absolute Gasteiger partial charge is 0.416 e. The summed E-state index contributed by atoms with van der Waals surface area (Å²) in [7, 11) is 2.79. The van der Waals surface area contributed by atoms with Gasteiger partial charge >= 0.3 is 18.3 Å². The summed E-state index contributed by atoms with van der Waals surface area (Å²) in [5.41, 5.74) is 2.10. The van der Waals surface area contributed by atoms with Gasteiger partial charge in [-0.3, -0.25) is 19.2 Å². The Morgan fingerprint density at radius 1 is 0.785 bits per heavy atom. The van der Waals surface area contributed by atoms with E-state index >= 15 is 0 Å². The molecule has 79 heavy (non-hydrogen) atoms. The predicted molar refractivity (Wildman–Crippen MR) is 287 cm³/mol. The number of ether oxygens (including phenoxy) is 6. The van der Waals surface area contributed by atoms with Crippen LogP contribution >= 0.6 is 0 Å². The molecule has 0 bridgehead atoms. The second-order valence-electron chi connectivity index (χ2n) is 19.0. The lowest BCUT2D eigenvalue weighted by Crippen LogP contribution is -2.54. The Labute approximate surface area is 456 Å². The molecule has 0 radical (unpaired) electrons. The summed E-state index contributed by atoms with van der Waals surface area (Å²) in [6.07, 6.45) is 4.62. The fourth-order valence-corrected chi connectivity index (χ4v) is 9.48. The van der Waals surface area contributed by atoms with E-state index in [1.54, 1.807) is 75.5 Å². The average molecular weight is 1090 g/mol. The third-order valence-corrected chi connectivity index (χ3v) is 13.3. The van der Waals surface area contributed by atoms with Crippen molar-refractivity contribution >= 4 is 59.0 Å². The van der Waals surface area contributed by atoms with Crippen LogP contribution in [0.15, 0.2) is 115 Å². The number of carboxylic acid groups (broad SMARTS) is 1. The SMILES string of the molecule is C=CCOC(=O)N[C@@H](C(=O)N[C@H](C)C(=O)Nc1ccc(COC(=O)N2c3cc(OCCCOc4ccc5c(c4)N(C(=O)O)C(O)C4C(OC)C(/C=C/C)=CN4C5=O)c(OC)cc3C(=O)N3C=C(/C=C/C)C[C@H]3[C@@H]2O)cc1)C(C)C. The van der Waals surface area contributed by atoms with Crippen molar-refractivity contribution in [2.75, 3.05) is 49.2 Å². The molecule has 6 N–H and O–H groups in total. The largest absolute Gasteiger partial charge is 0.493 e. The monoisotopic (exact) mass is 1090 g/mol. The van der Waals surface area contributed by atoms with Crippen molar-refractivity contribution in [3.8, 4) is 17.2 Å². The van der Waals surface area contributed by atoms with E-state index in [0.717, 1.165) is 10.5 Å². The van der Waals surface area contributed by atoms with E-state index in [4.69, 9.17) is 28.4 Å². The highest BCUT2D eigenvalue weighted by Gasteiger charge is 2.50. The van der Waals surface area contributed by atoms with Crippen molar-refractivity contribution in [3.63, 3.8) is 0 Å². The van der Waals surface area contributed by atoms with Crippen molar-refractivity contribution in [2.24, 2.45) is 5.92 Å². The molecule has 4 aliphatic heterocycles. The Hall–Kier alpha value is -8.67. The van der Waals surface area contributed by atoms with E-state index in [2.05, 4.69) is 22.5 Å². The van der Waals surface area contributed by atoms with Crippen LogP contribution in [-0.4, -0.2) is 144 Å². The molecule has 7 amide bonds. The molecule has 0 aliphatic carbocycles. The topological polar surface area (TPSA) is 285 Å². The molecule has 7 atom stereocenters. The molecule has 420 valence electrons. The van der Waals surface area contributed by atoms with Crippen LogP contribution in [0.4, 0.5) is 31.4 Å². The number of alkyl carbamates (subject to hydrolysis) is 1. The van der Waals surface area contributed by atoms with Gasteiger partial charge in [-0.15, -0.1) is 0 Å². The summed E-state index contributed by atoms with van der Waals surface area (Å²) in [6, 6.07) is 9.48. The summed E-state index contributed by atoms with van der Waals surface area (Å²) < 4.78 is 34.2. The number of aliphatic hydroxyl groups excluding tert-OH is 2. The van der Waals surface area contributed by atoms with Gasteiger partial charge in [-0.1, -0.05) is 62.9 Å². The number of rotatable bonds is 20. The molecule has 0 saturated heterocycles. The van der Waals surface area contributed by atoms with Gasteiger partial charge < -0.3 is 69.5 Å². The zero-order valence-corrected chi connectivity index (χ0v) is 44.7. The highest BCUT2D eigenvalue weighted by molar-refractivity contribution is 6.07. The molecule has 4 heterocycles. The third-order valence-electron chi connectivity index (χ3n) is 13.3. The Balaban J connectivity index is 1.03. The first kappa shape index (κ1) is 58.0. The van der Waals surface area contributed by atoms with Gasteiger partial charge in [-0.05, 0) is 80.2 Å². The van der Waals surface area contributed by atoms with E-state index in [1.165, 1.54) is 73.6 Å². The van der Waals surface area contributed by atoms with Crippen LogP contribution in [0.25, 0.3) is 0 Å². The molecule has 3 aromatic carbocycles. The lowest BCUT2D eigenvalue weighted by molar-refractivity contribution is -0.128. The lowest BCUT2D eigenvalue weighted by Gasteiger charge is -2.33. The standard InChI is InChI=1S/C56H65N7O16/c1-9-13-34-24-42-52(68)63(56(73)79-30-33-15-17-36(18-16-33)58-48(64)32(6)57-49(65)45(31(4)5)59-54(70)78-21-11-3)41-27-44(43(74-7)26-39(41)51(67)60(42)28-34)77-23-12-22-76-37-19-20-38-40(25-37)62(55(71)72)53(69)46-47(75-8)35(14-10-2)29-61(46)50(38)66/h9-11,13-20,25-29,31-32,42,45-47,52-53,68-69H,3,12,21-24,30H2,1-2,4-8H3,(H,57,65)(H,58,64)(H,59,70)(H,71,72)/b13-9+,14-10+/t32-,42+,45-,46?,47?,52+,53?/m1/s1. The minimum atomic E-state index is -1.71. The number of fused-ring (bicyclic) bond motifs is 4. The molecular weight excluding hydrogens is 1030 g/mol. The minimum absolute atomic E-state index is 0.00557. The van der Waals surface area contributed by atoms with Crippen molar-refractivity contribution in [1.29, 1.82) is 0 Å². The number of anilines is 3. The van der Waals surface area contributed by atoms with Crippen LogP contribution < -0.4 is 40.0 Å². The summed E-state index contributed by atoms with van der Waals surface area (Å²) in [4.78, 5) is 97.7. The van der Waals surface area contributed by atoms with Crippen LogP contribution in [0, 0.1) is 5.92 Å². The molecule has 0 spiro atoms. The summed E-state index contributed by atoms with van der Waals surface area (Å²) in [5.74, 6) is -2.09. The van der Waals surface area contributed by atoms with Gasteiger partial charge in [0.1, 0.15) is 43.2 Å². The van der Waals surface area contributed by atoms with Crippen LogP contribution in [0.1, 0.15) is 73.7 Å². The van der Waals surface area contributed by atoms with Crippen molar-refractivity contribution in [1.82, 2.24) is 20.4 Å². The number of aliphatic hydroxyl groups is 2. The minimum Gasteiger partial charge on any atom is -0.493 e. The van der Waals surface area contributed by atoms with Crippen molar-refractivity contribution in [2.45, 2.75) is 96.8 Å². The van der Waals surface area contributed by atoms with Crippen molar-refractivity contribution < 1.29 is 77.3 Å². The number of carbonyl (C=O) groups excluding carboxylic acids is 6. The molecule has 0 saturated carbocycles. The van der Waals surface area contributed by atoms with Crippen LogP contribution in [-0.2, 0) is 30.4 Å². The summed E-state index contributed by atoms with van der Waals surface area (Å²) in [6.45, 7) is 11.7. The van der Waals surface area contributed by atoms with Gasteiger partial charge in [0.2, 0.25) is 11.8 Å². The van der Waals surface area contributed by atoms with Gasteiger partial charge in [-0.2, -0.15) is 0 Å². The second kappa shape index (κ2) is 25.7. The Morgan fingerprint density at radius 3 is 2.14 bits per heavy atom. The second-order valence-corrected chi connectivity index (χ2v) is 19.0. The number of benzene rings is 3. The highest BCUT2D eigenvalue weighted by Crippen LogP contribution is 2.43. The Bertz CT molecular complexity index is 2960. The number of nitrogens with zero attached hydrogens (tertiary/aromatic N) is 4. The van der Waals surface area contributed by atoms with E-state index < -0.39 is 84.6 Å². The number of hydrogen-bond acceptors (Lipinski definition) is 15. The maximum Gasteiger partial charge on any atom is 0.416 e. The Morgan fingerprint density at radius 2 is 1.48 bits per heavy atom. The number of methoxy groups -OCH3 is 2. The fraction of sp³-hybridized carbons (Fsp3) is 0.375. The molecule has 3 aromatic rings. The van der Waals surface area contributed by atoms with E-state index in [9.17, 15) is 48.9 Å². The fourth-order valence-electron chi connectivity index (χ4n) is 9.48. The first-order valence-corrected chi connectivity index (χ1v) is 25.4. The molecular formula is C56H65N7O16. The zero-order chi connectivity index (χ0) is 57.2. The normalized spacial score (nSPS) is 20.2. The Kier molecular flexibility index (Phi) is 18.8. The van der Waals surface area contributed by atoms with Crippen molar-refractivity contribution in [3.05, 3.63) is 132 Å². The number of amides is 7. The van der Waals surface area contributed by atoms with Gasteiger partial charge in [0.05, 0.1) is 48.9 Å². The van der Waals surface area contributed by atoms with Crippen LogP contribution in [0.5, 0.6) is 17.2 Å². The van der Waals surface area contributed by atoms with Gasteiger partial charge in [0, 0.05) is 43.8 Å². The van der Waals surface area contributed by atoms with Gasteiger partial charge in [0.25, 0.3) is 11.8 Å². The van der Waals surface area contributed by atoms with Crippen LogP contribution in [0.2, 0.25) is 0 Å². The van der Waals surface area contributed by atoms with E-state index in [-0.39, 0.29) is 84.9 Å². The van der Waals surface area contributed by atoms with Gasteiger partial charge in [0.15, 0.2) is 24.0 Å². The van der Waals surface area contributed by atoms with Gasteiger partial charge in [-0.25, -0.2) is 24.2 Å². The lowest BCUT2D eigenvalue weighted by atomic mass is 10.0. The maximum absolute atomic E-state index is 14.3. The van der Waals surface area contributed by atoms with E-state index in [1.807, 2.05) is 6.92 Å². The molecule has 0 fully saturated rings. The average Bonchev–Trinajstić information content (AvgIpc) is 4.22. The first-order chi connectivity index (χ1) is 37.8. The number of allylic oxidation sites excluding steroid dienone is 3. The van der Waals surface area contributed by atoms with Crippen LogP contribution in [0.3, 0.4) is 0 Å². The zero-order valence-electron chi connectivity index (χ0n) is 44.7. The number of hydrogen-bond donors (Lipinski definition) is 6. The van der Waals surface area contributed by atoms with E-state index in [0.29, 0.717) is 21.7 Å². The molecule has 0 aromatic heterocycles. The molecule has 4 aliphatic rings. The number of carbonyl (C=O) groups is 7. The molecule has 3 unspecified atom stereocenters. The summed E-state index contributed by atoms with van der Waals surface area (Å²) >= 11 is 0. The third kappa shape index (κ3) is 12.7. The number of nitrogens with one attached hydrogen (secondary N) is 3. The quantitative estimate of drug-likeness (QED) is 0.0543. The maximum atomic E-state index is 14.3. The molecule has 23 heteroatoms. The predicted octanol–water partition coefficient (Wildman–Crippen LogP) is 6.19. The molecule has 7 rings (SSSR count). The first-order valence-electron chi connectivity index (χ1n) is 25.4. The summed E-state index contributed by atoms with van der Waals surface area (Å²) in [5, 5.41) is 41.7. The highest BCUT2D eigenvalue weighted by atomic mass is 16.6. The molecule has 23 nitrogen and oxygen atoms in total.